The molecule has 1 aromatic rings. The number of nitrogens with zero attached hydrogens (tertiary/aromatic N) is 3. The quantitative estimate of drug-likeness (QED) is 0.833. The zero-order valence-electron chi connectivity index (χ0n) is 13.0. The second-order valence-corrected chi connectivity index (χ2v) is 7.29. The second-order valence-electron chi connectivity index (χ2n) is 5.48. The fourth-order valence-electron chi connectivity index (χ4n) is 2.36. The molecule has 2 N–H and O–H groups in total. The van der Waals surface area contributed by atoms with Crippen molar-refractivity contribution in [1.29, 1.82) is 0 Å². The zero-order valence-corrected chi connectivity index (χ0v) is 13.8. The van der Waals surface area contributed by atoms with Gasteiger partial charge in [0.1, 0.15) is 0 Å². The summed E-state index contributed by atoms with van der Waals surface area (Å²) in [5.74, 6) is 0.312. The van der Waals surface area contributed by atoms with Crippen LogP contribution in [-0.4, -0.2) is 34.9 Å². The van der Waals surface area contributed by atoms with E-state index in [4.69, 9.17) is 5.73 Å². The lowest BCUT2D eigenvalue weighted by atomic mass is 10.1. The van der Waals surface area contributed by atoms with Gasteiger partial charge in [-0.25, -0.2) is 13.4 Å². The summed E-state index contributed by atoms with van der Waals surface area (Å²) in [7, 11) is -1.98. The number of nitrogen functional groups attached to an aromatic ring is 1. The molecule has 0 unspecified atom stereocenters. The van der Waals surface area contributed by atoms with E-state index in [1.54, 1.807) is 11.4 Å². The molecule has 0 aromatic carbocycles. The Morgan fingerprint density at radius 2 is 1.90 bits per heavy atom. The molecule has 0 aliphatic rings. The number of aromatic nitrogens is 2. The number of rotatable bonds is 7. The van der Waals surface area contributed by atoms with Crippen molar-refractivity contribution in [3.8, 4) is 0 Å². The maximum atomic E-state index is 12.9. The van der Waals surface area contributed by atoms with E-state index in [0.717, 1.165) is 12.8 Å². The van der Waals surface area contributed by atoms with Crippen molar-refractivity contribution in [3.63, 3.8) is 0 Å². The van der Waals surface area contributed by atoms with Crippen LogP contribution in [-0.2, 0) is 17.1 Å². The molecule has 20 heavy (non-hydrogen) atoms. The summed E-state index contributed by atoms with van der Waals surface area (Å²) in [6.45, 7) is 8.52. The van der Waals surface area contributed by atoms with Crippen molar-refractivity contribution < 1.29 is 8.42 Å². The fraction of sp³-hybridized carbons (Fsp3) is 0.769. The first-order chi connectivity index (χ1) is 9.25. The Labute approximate surface area is 122 Å². The van der Waals surface area contributed by atoms with Crippen molar-refractivity contribution in [2.75, 3.05) is 12.3 Å². The third kappa shape index (κ3) is 3.32. The average Bonchev–Trinajstić information content (AvgIpc) is 2.69. The van der Waals surface area contributed by atoms with Crippen LogP contribution < -0.4 is 5.73 Å². The van der Waals surface area contributed by atoms with Gasteiger partial charge in [0.15, 0.2) is 10.8 Å². The molecule has 7 heteroatoms. The Hall–Kier alpha value is -1.08. The van der Waals surface area contributed by atoms with Crippen LogP contribution in [0.1, 0.15) is 40.5 Å². The number of nitrogens with two attached hydrogens (primary N) is 1. The van der Waals surface area contributed by atoms with Gasteiger partial charge in [0, 0.05) is 19.6 Å². The minimum atomic E-state index is -3.63. The van der Waals surface area contributed by atoms with E-state index >= 15 is 0 Å². The number of anilines is 1. The van der Waals surface area contributed by atoms with E-state index in [1.807, 2.05) is 27.7 Å². The van der Waals surface area contributed by atoms with E-state index in [-0.39, 0.29) is 22.8 Å². The summed E-state index contributed by atoms with van der Waals surface area (Å²) >= 11 is 0. The Balaban J connectivity index is 3.31. The van der Waals surface area contributed by atoms with E-state index in [1.165, 1.54) is 10.9 Å². The summed E-state index contributed by atoms with van der Waals surface area (Å²) in [5.41, 5.74) is 5.74. The maximum absolute atomic E-state index is 12.9. The molecular formula is C13H26N4O2S. The second kappa shape index (κ2) is 6.58. The van der Waals surface area contributed by atoms with Crippen LogP contribution in [0.25, 0.3) is 0 Å². The Morgan fingerprint density at radius 1 is 1.35 bits per heavy atom. The SMILES string of the molecule is CCC(CC)N(CC(C)C)S(=O)(=O)c1c(N)ncn1C. The van der Waals surface area contributed by atoms with Crippen LogP contribution in [0, 0.1) is 5.92 Å². The predicted octanol–water partition coefficient (Wildman–Crippen LogP) is 1.84. The van der Waals surface area contributed by atoms with E-state index in [9.17, 15) is 8.42 Å². The molecule has 0 amide bonds. The molecule has 0 bridgehead atoms. The van der Waals surface area contributed by atoms with Crippen molar-refractivity contribution in [1.82, 2.24) is 13.9 Å². The highest BCUT2D eigenvalue weighted by Crippen LogP contribution is 2.25. The summed E-state index contributed by atoms with van der Waals surface area (Å²) < 4.78 is 28.9. The van der Waals surface area contributed by atoms with Crippen molar-refractivity contribution in [2.24, 2.45) is 13.0 Å². The number of hydrogen-bond donors (Lipinski definition) is 1. The van der Waals surface area contributed by atoms with Gasteiger partial charge in [0.25, 0.3) is 10.0 Å². The predicted molar refractivity (Wildman–Crippen MR) is 80.7 cm³/mol. The molecular weight excluding hydrogens is 276 g/mol. The van der Waals surface area contributed by atoms with E-state index < -0.39 is 10.0 Å². The largest absolute Gasteiger partial charge is 0.381 e. The van der Waals surface area contributed by atoms with Gasteiger partial charge >= 0.3 is 0 Å². The minimum Gasteiger partial charge on any atom is -0.381 e. The highest BCUT2D eigenvalue weighted by molar-refractivity contribution is 7.89. The zero-order chi connectivity index (χ0) is 15.5. The average molecular weight is 302 g/mol. The smallest absolute Gasteiger partial charge is 0.262 e. The molecule has 0 aliphatic heterocycles. The highest BCUT2D eigenvalue weighted by atomic mass is 32.2. The van der Waals surface area contributed by atoms with Crippen molar-refractivity contribution >= 4 is 15.8 Å². The lowest BCUT2D eigenvalue weighted by molar-refractivity contribution is 0.275. The van der Waals surface area contributed by atoms with Gasteiger partial charge in [0.2, 0.25) is 0 Å². The van der Waals surface area contributed by atoms with Gasteiger partial charge in [-0.3, -0.25) is 0 Å². The summed E-state index contributed by atoms with van der Waals surface area (Å²) in [5, 5.41) is 0.0880. The summed E-state index contributed by atoms with van der Waals surface area (Å²) in [6.07, 6.45) is 2.99. The normalized spacial score (nSPS) is 12.8. The van der Waals surface area contributed by atoms with Crippen molar-refractivity contribution in [3.05, 3.63) is 6.33 Å². The monoisotopic (exact) mass is 302 g/mol. The van der Waals surface area contributed by atoms with E-state index in [0.29, 0.717) is 6.54 Å². The topological polar surface area (TPSA) is 81.2 Å². The first-order valence-electron chi connectivity index (χ1n) is 7.04. The lowest BCUT2D eigenvalue weighted by Gasteiger charge is -2.31. The van der Waals surface area contributed by atoms with Gasteiger partial charge in [-0.15, -0.1) is 0 Å². The molecule has 116 valence electrons. The molecule has 0 radical (unpaired) electrons. The molecule has 0 fully saturated rings. The Morgan fingerprint density at radius 3 is 2.25 bits per heavy atom. The highest BCUT2D eigenvalue weighted by Gasteiger charge is 2.34. The summed E-state index contributed by atoms with van der Waals surface area (Å²) in [4.78, 5) is 3.89. The molecule has 1 heterocycles. The molecule has 0 aliphatic carbocycles. The molecule has 1 rings (SSSR count). The van der Waals surface area contributed by atoms with Gasteiger partial charge < -0.3 is 10.3 Å². The van der Waals surface area contributed by atoms with Gasteiger partial charge in [-0.1, -0.05) is 27.7 Å². The molecule has 0 atom stereocenters. The van der Waals surface area contributed by atoms with Crippen LogP contribution in [0.4, 0.5) is 5.82 Å². The Kier molecular flexibility index (Phi) is 5.59. The first kappa shape index (κ1) is 17.0. The molecule has 0 saturated carbocycles. The number of hydrogen-bond acceptors (Lipinski definition) is 4. The lowest BCUT2D eigenvalue weighted by Crippen LogP contribution is -2.42. The van der Waals surface area contributed by atoms with Gasteiger partial charge in [-0.2, -0.15) is 4.31 Å². The molecule has 0 spiro atoms. The maximum Gasteiger partial charge on any atom is 0.262 e. The van der Waals surface area contributed by atoms with E-state index in [2.05, 4.69) is 4.98 Å². The number of aryl methyl sites for hydroxylation is 1. The van der Waals surface area contributed by atoms with Crippen LogP contribution in [0.15, 0.2) is 11.4 Å². The molecule has 1 aromatic heterocycles. The van der Waals surface area contributed by atoms with Crippen LogP contribution in [0.2, 0.25) is 0 Å². The van der Waals surface area contributed by atoms with Gasteiger partial charge in [0.05, 0.1) is 6.33 Å². The van der Waals surface area contributed by atoms with Crippen LogP contribution in [0.5, 0.6) is 0 Å². The standard InChI is InChI=1S/C13H26N4O2S/c1-6-11(7-2)17(8-10(3)4)20(18,19)13-12(14)15-9-16(13)5/h9-11H,6-8,14H2,1-5H3. The number of sulfonamides is 1. The number of imidazole rings is 1. The third-order valence-electron chi connectivity index (χ3n) is 3.36. The van der Waals surface area contributed by atoms with Crippen LogP contribution in [0.3, 0.4) is 0 Å². The third-order valence-corrected chi connectivity index (χ3v) is 5.41. The van der Waals surface area contributed by atoms with Crippen molar-refractivity contribution in [2.45, 2.75) is 51.6 Å². The van der Waals surface area contributed by atoms with Crippen LogP contribution >= 0.6 is 0 Å². The minimum absolute atomic E-state index is 0.0169. The van der Waals surface area contributed by atoms with Gasteiger partial charge in [-0.05, 0) is 18.8 Å². The molecule has 6 nitrogen and oxygen atoms in total. The first-order valence-corrected chi connectivity index (χ1v) is 8.48. The fourth-order valence-corrected chi connectivity index (χ4v) is 4.50. The summed E-state index contributed by atoms with van der Waals surface area (Å²) in [6, 6.07) is -0.0169. The molecule has 0 saturated heterocycles. The Bertz CT molecular complexity index is 513.